The van der Waals surface area contributed by atoms with Crippen molar-refractivity contribution in [1.29, 1.82) is 0 Å². The molecule has 1 N–H and O–H groups in total. The minimum Gasteiger partial charge on any atom is -0.454 e. The van der Waals surface area contributed by atoms with Crippen molar-refractivity contribution in [1.82, 2.24) is 0 Å². The maximum atomic E-state index is 13.5. The van der Waals surface area contributed by atoms with Gasteiger partial charge >= 0.3 is 0 Å². The fourth-order valence-electron chi connectivity index (χ4n) is 4.33. The third kappa shape index (κ3) is 3.95. The number of nitrogens with zero attached hydrogens (tertiary/aromatic N) is 1. The second-order valence-electron chi connectivity index (χ2n) is 8.43. The summed E-state index contributed by atoms with van der Waals surface area (Å²) in [4.78, 5) is 27.9. The molecule has 3 aromatic carbocycles. The zero-order valence-electron chi connectivity index (χ0n) is 18.5. The molecule has 0 bridgehead atoms. The minimum absolute atomic E-state index is 0.164. The molecule has 2 aliphatic rings. The molecule has 1 atom stereocenters. The van der Waals surface area contributed by atoms with Gasteiger partial charge in [0.25, 0.3) is 5.91 Å². The number of ether oxygens (including phenoxy) is 2. The number of carbonyl (C=O) groups excluding carboxylic acids is 2. The first-order valence-corrected chi connectivity index (χ1v) is 11.2. The van der Waals surface area contributed by atoms with Crippen molar-refractivity contribution >= 4 is 35.1 Å². The fourth-order valence-corrected chi connectivity index (χ4v) is 4.50. The number of aliphatic hydroxyl groups is 1. The molecule has 0 saturated heterocycles. The van der Waals surface area contributed by atoms with E-state index < -0.39 is 23.7 Å². The molecule has 172 valence electrons. The summed E-state index contributed by atoms with van der Waals surface area (Å²) in [6.07, 6.45) is 2.58. The van der Waals surface area contributed by atoms with E-state index in [-0.39, 0.29) is 13.3 Å². The summed E-state index contributed by atoms with van der Waals surface area (Å²) in [5.74, 6) is 0.321. The summed E-state index contributed by atoms with van der Waals surface area (Å²) in [5, 5.41) is 11.9. The maximum Gasteiger partial charge on any atom is 0.264 e. The molecule has 3 aromatic rings. The first kappa shape index (κ1) is 22.2. The smallest absolute Gasteiger partial charge is 0.264 e. The van der Waals surface area contributed by atoms with Crippen LogP contribution >= 0.6 is 11.6 Å². The first-order valence-electron chi connectivity index (χ1n) is 10.8. The highest BCUT2D eigenvalue weighted by atomic mass is 35.5. The lowest BCUT2D eigenvalue weighted by atomic mass is 9.89. The molecule has 6 nitrogen and oxygen atoms in total. The van der Waals surface area contributed by atoms with E-state index in [0.29, 0.717) is 27.8 Å². The molecule has 2 aliphatic heterocycles. The lowest BCUT2D eigenvalue weighted by Gasteiger charge is -2.23. The van der Waals surface area contributed by atoms with Crippen LogP contribution in [0.2, 0.25) is 5.02 Å². The number of aryl methyl sites for hydroxylation is 1. The van der Waals surface area contributed by atoms with Gasteiger partial charge in [0.2, 0.25) is 6.79 Å². The minimum atomic E-state index is -2.00. The summed E-state index contributed by atoms with van der Waals surface area (Å²) >= 11 is 6.19. The van der Waals surface area contributed by atoms with Crippen LogP contribution < -0.4 is 14.4 Å². The highest BCUT2D eigenvalue weighted by Gasteiger charge is 2.50. The Morgan fingerprint density at radius 3 is 2.74 bits per heavy atom. The second kappa shape index (κ2) is 8.63. The Hall–Kier alpha value is -3.61. The number of carbonyl (C=O) groups is 2. The van der Waals surface area contributed by atoms with Crippen molar-refractivity contribution < 1.29 is 24.2 Å². The average molecular weight is 476 g/mol. The molecule has 0 radical (unpaired) electrons. The molecule has 0 aromatic heterocycles. The van der Waals surface area contributed by atoms with Gasteiger partial charge in [-0.15, -0.1) is 0 Å². The van der Waals surface area contributed by atoms with Crippen molar-refractivity contribution in [2.24, 2.45) is 0 Å². The third-order valence-electron chi connectivity index (χ3n) is 6.17. The van der Waals surface area contributed by atoms with Gasteiger partial charge in [0.05, 0.1) is 18.7 Å². The number of anilines is 1. The second-order valence-corrected chi connectivity index (χ2v) is 8.87. The Kier molecular flexibility index (Phi) is 5.63. The molecular weight excluding hydrogens is 454 g/mol. The fraction of sp³-hybridized carbons (Fsp3) is 0.185. The van der Waals surface area contributed by atoms with Crippen molar-refractivity contribution in [3.8, 4) is 11.5 Å². The number of hydrogen-bond donors (Lipinski definition) is 1. The van der Waals surface area contributed by atoms with Crippen molar-refractivity contribution in [2.45, 2.75) is 25.5 Å². The van der Waals surface area contributed by atoms with Gasteiger partial charge in [0.15, 0.2) is 22.9 Å². The van der Waals surface area contributed by atoms with E-state index in [1.807, 2.05) is 31.2 Å². The molecule has 0 fully saturated rings. The number of benzene rings is 3. The predicted molar refractivity (Wildman–Crippen MR) is 129 cm³/mol. The SMILES string of the molecule is Cc1ccccc1CN1C(=O)[C@@](O)(CC(=O)/C=C\c2ccc3c(c2)OCO3)c2cc(Cl)ccc21. The van der Waals surface area contributed by atoms with Crippen molar-refractivity contribution in [3.05, 3.63) is 94.0 Å². The van der Waals surface area contributed by atoms with E-state index in [9.17, 15) is 14.7 Å². The molecule has 2 heterocycles. The van der Waals surface area contributed by atoms with Gasteiger partial charge in [0.1, 0.15) is 0 Å². The Bertz CT molecular complexity index is 1330. The quantitative estimate of drug-likeness (QED) is 0.519. The standard InChI is InChI=1S/C27H22ClNO5/c1-17-4-2-3-5-19(17)15-29-23-10-8-20(28)13-22(23)27(32,26(29)31)14-21(30)9-6-18-7-11-24-25(12-18)34-16-33-24/h2-13,32H,14-16H2,1H3/b9-6-/t27-/m1/s1. The number of amides is 1. The zero-order valence-corrected chi connectivity index (χ0v) is 19.2. The Labute approximate surface area is 202 Å². The van der Waals surface area contributed by atoms with Gasteiger partial charge in [-0.25, -0.2) is 0 Å². The Morgan fingerprint density at radius 2 is 1.91 bits per heavy atom. The summed E-state index contributed by atoms with van der Waals surface area (Å²) in [7, 11) is 0. The van der Waals surface area contributed by atoms with Crippen LogP contribution in [0, 0.1) is 6.92 Å². The lowest BCUT2D eigenvalue weighted by Crippen LogP contribution is -2.41. The van der Waals surface area contributed by atoms with E-state index in [0.717, 1.165) is 16.7 Å². The number of allylic oxidation sites excluding steroid dienone is 1. The summed E-state index contributed by atoms with van der Waals surface area (Å²) < 4.78 is 10.7. The molecule has 0 unspecified atom stereocenters. The van der Waals surface area contributed by atoms with Gasteiger partial charge in [-0.05, 0) is 60.0 Å². The van der Waals surface area contributed by atoms with Gasteiger partial charge in [0, 0.05) is 10.6 Å². The van der Waals surface area contributed by atoms with Crippen LogP contribution in [0.1, 0.15) is 28.7 Å². The predicted octanol–water partition coefficient (Wildman–Crippen LogP) is 4.78. The Morgan fingerprint density at radius 1 is 1.12 bits per heavy atom. The highest BCUT2D eigenvalue weighted by Crippen LogP contribution is 2.44. The highest BCUT2D eigenvalue weighted by molar-refractivity contribution is 6.31. The van der Waals surface area contributed by atoms with Gasteiger partial charge in [-0.2, -0.15) is 0 Å². The molecule has 0 saturated carbocycles. The van der Waals surface area contributed by atoms with Crippen LogP contribution in [0.25, 0.3) is 6.08 Å². The van der Waals surface area contributed by atoms with Crippen LogP contribution in [0.15, 0.2) is 66.7 Å². The topological polar surface area (TPSA) is 76.1 Å². The van der Waals surface area contributed by atoms with Crippen LogP contribution in [-0.4, -0.2) is 23.6 Å². The van der Waals surface area contributed by atoms with E-state index in [2.05, 4.69) is 0 Å². The number of hydrogen-bond acceptors (Lipinski definition) is 5. The van der Waals surface area contributed by atoms with Gasteiger partial charge in [-0.3, -0.25) is 9.59 Å². The molecule has 7 heteroatoms. The largest absolute Gasteiger partial charge is 0.454 e. The van der Waals surface area contributed by atoms with Crippen LogP contribution in [-0.2, 0) is 21.7 Å². The van der Waals surface area contributed by atoms with E-state index in [4.69, 9.17) is 21.1 Å². The Balaban J connectivity index is 1.41. The molecule has 0 spiro atoms. The zero-order chi connectivity index (χ0) is 23.9. The van der Waals surface area contributed by atoms with E-state index >= 15 is 0 Å². The maximum absolute atomic E-state index is 13.5. The number of halogens is 1. The summed E-state index contributed by atoms with van der Waals surface area (Å²) in [6.45, 7) is 2.41. The van der Waals surface area contributed by atoms with E-state index in [1.165, 1.54) is 11.0 Å². The normalized spacial score (nSPS) is 18.6. The number of fused-ring (bicyclic) bond motifs is 2. The monoisotopic (exact) mass is 475 g/mol. The lowest BCUT2D eigenvalue weighted by molar-refractivity contribution is -0.140. The summed E-state index contributed by atoms with van der Waals surface area (Å²) in [5.41, 5.74) is 1.61. The third-order valence-corrected chi connectivity index (χ3v) is 6.41. The first-order chi connectivity index (χ1) is 16.3. The molecule has 1 amide bonds. The molecular formula is C27H22ClNO5. The van der Waals surface area contributed by atoms with Crippen molar-refractivity contribution in [2.75, 3.05) is 11.7 Å². The van der Waals surface area contributed by atoms with Gasteiger partial charge in [-0.1, -0.05) is 48.0 Å². The molecule has 0 aliphatic carbocycles. The number of rotatable bonds is 6. The number of ketones is 1. The van der Waals surface area contributed by atoms with Crippen LogP contribution in [0.5, 0.6) is 11.5 Å². The molecule has 5 rings (SSSR count). The van der Waals surface area contributed by atoms with E-state index in [1.54, 1.807) is 42.5 Å². The summed E-state index contributed by atoms with van der Waals surface area (Å²) in [6, 6.07) is 18.0. The van der Waals surface area contributed by atoms with Crippen LogP contribution in [0.3, 0.4) is 0 Å². The average Bonchev–Trinajstić information content (AvgIpc) is 3.36. The van der Waals surface area contributed by atoms with Gasteiger partial charge < -0.3 is 19.5 Å². The van der Waals surface area contributed by atoms with Crippen LogP contribution in [0.4, 0.5) is 5.69 Å². The van der Waals surface area contributed by atoms with Crippen molar-refractivity contribution in [3.63, 3.8) is 0 Å². The molecule has 34 heavy (non-hydrogen) atoms.